The number of hydrogen-bond acceptors (Lipinski definition) is 2. The van der Waals surface area contributed by atoms with Crippen molar-refractivity contribution in [1.82, 2.24) is 4.90 Å². The quantitative estimate of drug-likeness (QED) is 0.681. The normalized spacial score (nSPS) is 35.6. The Labute approximate surface area is 103 Å². The lowest BCUT2D eigenvalue weighted by molar-refractivity contribution is -0.123. The molecule has 2 heteroatoms. The van der Waals surface area contributed by atoms with Crippen molar-refractivity contribution in [2.24, 2.45) is 17.8 Å². The molecule has 0 aromatic heterocycles. The first-order valence-electron chi connectivity index (χ1n) is 6.95. The molecule has 2 nitrogen and oxygen atoms in total. The van der Waals surface area contributed by atoms with E-state index in [1.807, 2.05) is 0 Å². The minimum Gasteiger partial charge on any atom is -0.375 e. The van der Waals surface area contributed by atoms with Crippen LogP contribution in [0.4, 0.5) is 0 Å². The van der Waals surface area contributed by atoms with Crippen LogP contribution in [0.15, 0.2) is 23.9 Å². The third kappa shape index (κ3) is 1.74. The molecule has 0 bridgehead atoms. The van der Waals surface area contributed by atoms with Gasteiger partial charge in [0.25, 0.3) is 0 Å². The fourth-order valence-corrected chi connectivity index (χ4v) is 3.77. The smallest absolute Gasteiger partial charge is 0.144 e. The van der Waals surface area contributed by atoms with Gasteiger partial charge in [0.2, 0.25) is 0 Å². The van der Waals surface area contributed by atoms with Gasteiger partial charge in [0, 0.05) is 37.0 Å². The molecule has 2 aliphatic carbocycles. The molecule has 0 amide bonds. The largest absolute Gasteiger partial charge is 0.375 e. The number of allylic oxidation sites excluding steroid dienone is 4. The molecule has 1 aliphatic heterocycles. The van der Waals surface area contributed by atoms with Gasteiger partial charge in [-0.05, 0) is 25.2 Å². The summed E-state index contributed by atoms with van der Waals surface area (Å²) in [7, 11) is 0. The zero-order chi connectivity index (χ0) is 11.8. The van der Waals surface area contributed by atoms with Gasteiger partial charge in [0.1, 0.15) is 5.78 Å². The molecule has 0 saturated carbocycles. The zero-order valence-electron chi connectivity index (χ0n) is 10.6. The van der Waals surface area contributed by atoms with Crippen LogP contribution in [-0.4, -0.2) is 23.8 Å². The Balaban J connectivity index is 1.94. The van der Waals surface area contributed by atoms with E-state index in [-0.39, 0.29) is 5.92 Å². The maximum atomic E-state index is 12.0. The maximum Gasteiger partial charge on any atom is 0.144 e. The summed E-state index contributed by atoms with van der Waals surface area (Å²) in [6.45, 7) is 4.58. The van der Waals surface area contributed by atoms with Crippen molar-refractivity contribution in [3.63, 3.8) is 0 Å². The maximum absolute atomic E-state index is 12.0. The van der Waals surface area contributed by atoms with Gasteiger partial charge in [0.05, 0.1) is 0 Å². The van der Waals surface area contributed by atoms with Crippen LogP contribution < -0.4 is 0 Å². The van der Waals surface area contributed by atoms with Crippen molar-refractivity contribution in [1.29, 1.82) is 0 Å². The van der Waals surface area contributed by atoms with Crippen molar-refractivity contribution in [3.05, 3.63) is 23.9 Å². The summed E-state index contributed by atoms with van der Waals surface area (Å²) in [5.74, 6) is 1.83. The minimum atomic E-state index is 0.188. The molecule has 3 aliphatic rings. The van der Waals surface area contributed by atoms with Crippen LogP contribution >= 0.6 is 0 Å². The van der Waals surface area contributed by atoms with Crippen molar-refractivity contribution >= 4 is 5.78 Å². The Kier molecular flexibility index (Phi) is 2.81. The summed E-state index contributed by atoms with van der Waals surface area (Å²) in [6, 6.07) is 0. The topological polar surface area (TPSA) is 20.3 Å². The highest BCUT2D eigenvalue weighted by Crippen LogP contribution is 2.45. The molecule has 3 rings (SSSR count). The highest BCUT2D eigenvalue weighted by molar-refractivity contribution is 5.86. The van der Waals surface area contributed by atoms with E-state index in [0.717, 1.165) is 6.54 Å². The van der Waals surface area contributed by atoms with E-state index in [1.165, 1.54) is 31.5 Å². The Morgan fingerprint density at radius 3 is 3.18 bits per heavy atom. The molecule has 1 heterocycles. The predicted octanol–water partition coefficient (Wildman–Crippen LogP) is 2.77. The molecule has 0 N–H and O–H groups in total. The van der Waals surface area contributed by atoms with Crippen molar-refractivity contribution in [2.45, 2.75) is 32.6 Å². The first kappa shape index (κ1) is 11.1. The average molecular weight is 231 g/mol. The van der Waals surface area contributed by atoms with Gasteiger partial charge in [-0.25, -0.2) is 0 Å². The zero-order valence-corrected chi connectivity index (χ0v) is 10.6. The molecule has 0 radical (unpaired) electrons. The van der Waals surface area contributed by atoms with Gasteiger partial charge in [-0.2, -0.15) is 0 Å². The van der Waals surface area contributed by atoms with E-state index in [2.05, 4.69) is 30.1 Å². The lowest BCUT2D eigenvalue weighted by atomic mass is 9.66. The van der Waals surface area contributed by atoms with Gasteiger partial charge in [0.15, 0.2) is 0 Å². The molecule has 0 aromatic rings. The van der Waals surface area contributed by atoms with Crippen LogP contribution in [0.3, 0.4) is 0 Å². The van der Waals surface area contributed by atoms with E-state index in [4.69, 9.17) is 0 Å². The molecule has 0 spiro atoms. The number of nitrogens with zero attached hydrogens (tertiary/aromatic N) is 1. The molecular weight excluding hydrogens is 210 g/mol. The molecule has 3 unspecified atom stereocenters. The lowest BCUT2D eigenvalue weighted by Gasteiger charge is -2.47. The van der Waals surface area contributed by atoms with Crippen LogP contribution in [0.25, 0.3) is 0 Å². The Morgan fingerprint density at radius 1 is 1.47 bits per heavy atom. The van der Waals surface area contributed by atoms with Crippen molar-refractivity contribution in [3.8, 4) is 0 Å². The summed E-state index contributed by atoms with van der Waals surface area (Å²) in [6.07, 6.45) is 10.9. The van der Waals surface area contributed by atoms with Crippen LogP contribution in [0.1, 0.15) is 32.6 Å². The van der Waals surface area contributed by atoms with E-state index in [9.17, 15) is 4.79 Å². The summed E-state index contributed by atoms with van der Waals surface area (Å²) >= 11 is 0. The first-order valence-corrected chi connectivity index (χ1v) is 6.95. The molecule has 1 saturated heterocycles. The van der Waals surface area contributed by atoms with Crippen LogP contribution in [-0.2, 0) is 4.79 Å². The van der Waals surface area contributed by atoms with Gasteiger partial charge in [-0.1, -0.05) is 25.2 Å². The second-order valence-corrected chi connectivity index (χ2v) is 5.55. The minimum absolute atomic E-state index is 0.188. The number of piperidine rings is 1. The van der Waals surface area contributed by atoms with E-state index < -0.39 is 0 Å². The van der Waals surface area contributed by atoms with Crippen LogP contribution in [0, 0.1) is 17.8 Å². The average Bonchev–Trinajstić information content (AvgIpc) is 2.36. The third-order valence-corrected chi connectivity index (χ3v) is 4.53. The number of hydrogen-bond donors (Lipinski definition) is 0. The molecule has 92 valence electrons. The molecule has 3 atom stereocenters. The monoisotopic (exact) mass is 231 g/mol. The summed E-state index contributed by atoms with van der Waals surface area (Å²) in [4.78, 5) is 14.5. The fraction of sp³-hybridized carbons (Fsp3) is 0.667. The standard InChI is InChI=1S/C15H21NO/c1-2-9-16-10-8-11-4-3-5-12-14(17)7-6-13(16)15(11)12/h3,5-6,11-12,15H,2,4,7-10H2,1H3. The number of ketones is 1. The molecule has 0 aromatic carbocycles. The van der Waals surface area contributed by atoms with Gasteiger partial charge < -0.3 is 4.90 Å². The fourth-order valence-electron chi connectivity index (χ4n) is 3.77. The van der Waals surface area contributed by atoms with Gasteiger partial charge >= 0.3 is 0 Å². The second kappa shape index (κ2) is 4.32. The number of rotatable bonds is 2. The number of likely N-dealkylation sites (tertiary alicyclic amines) is 1. The number of carbonyl (C=O) groups excluding carboxylic acids is 1. The Hall–Kier alpha value is -1.05. The third-order valence-electron chi connectivity index (χ3n) is 4.53. The van der Waals surface area contributed by atoms with E-state index in [0.29, 0.717) is 24.0 Å². The van der Waals surface area contributed by atoms with Crippen molar-refractivity contribution < 1.29 is 4.79 Å². The van der Waals surface area contributed by atoms with Crippen LogP contribution in [0.5, 0.6) is 0 Å². The number of carbonyl (C=O) groups is 1. The highest BCUT2D eigenvalue weighted by atomic mass is 16.1. The summed E-state index contributed by atoms with van der Waals surface area (Å²) in [5, 5.41) is 0. The predicted molar refractivity (Wildman–Crippen MR) is 68.4 cm³/mol. The first-order chi connectivity index (χ1) is 8.31. The SMILES string of the molecule is CCCN1CCC2CC=CC3C(=O)CC=C1C23. The van der Waals surface area contributed by atoms with Gasteiger partial charge in [-0.15, -0.1) is 0 Å². The summed E-state index contributed by atoms with van der Waals surface area (Å²) < 4.78 is 0. The highest BCUT2D eigenvalue weighted by Gasteiger charge is 2.43. The summed E-state index contributed by atoms with van der Waals surface area (Å²) in [5.41, 5.74) is 1.48. The molecule has 1 fully saturated rings. The molecular formula is C15H21NO. The van der Waals surface area contributed by atoms with E-state index >= 15 is 0 Å². The van der Waals surface area contributed by atoms with Crippen molar-refractivity contribution in [2.75, 3.05) is 13.1 Å². The van der Waals surface area contributed by atoms with Gasteiger partial charge in [-0.3, -0.25) is 4.79 Å². The molecule has 17 heavy (non-hydrogen) atoms. The number of Topliss-reactive ketones (excluding diaryl/α,β-unsaturated/α-hetero) is 1. The second-order valence-electron chi connectivity index (χ2n) is 5.55. The van der Waals surface area contributed by atoms with Crippen LogP contribution in [0.2, 0.25) is 0 Å². The Morgan fingerprint density at radius 2 is 2.35 bits per heavy atom. The van der Waals surface area contributed by atoms with E-state index in [1.54, 1.807) is 0 Å². The lowest BCUT2D eigenvalue weighted by Crippen LogP contribution is -2.46. The Bertz CT molecular complexity index is 382.